The fourth-order valence-corrected chi connectivity index (χ4v) is 5.17. The van der Waals surface area contributed by atoms with Gasteiger partial charge < -0.3 is 0 Å². The van der Waals surface area contributed by atoms with Gasteiger partial charge in [-0.15, -0.1) is 0 Å². The Hall–Kier alpha value is -2.34. The Balaban J connectivity index is 1.24. The summed E-state index contributed by atoms with van der Waals surface area (Å²) < 4.78 is 0. The van der Waals surface area contributed by atoms with Crippen LogP contribution in [0.2, 0.25) is 0 Å². The number of unbranched alkanes of at least 4 members (excludes halogenated alkanes) is 2. The molecule has 0 spiro atoms. The number of hydrogen-bond acceptors (Lipinski definition) is 0. The van der Waals surface area contributed by atoms with Gasteiger partial charge in [-0.2, -0.15) is 0 Å². The zero-order valence-corrected chi connectivity index (χ0v) is 17.2. The standard InChI is InChI=1S/C28H30/c1-19-8-14-25-26-15-9-20(2)17-28(26)24(27(25)16-19)7-5-3-4-6-21-10-11-22-12-13-23(22)18-21/h8-11,14-18,24H,3-7,12-13H2,1-2H3. The van der Waals surface area contributed by atoms with Crippen molar-refractivity contribution in [2.45, 2.75) is 64.7 Å². The van der Waals surface area contributed by atoms with Crippen LogP contribution in [0.1, 0.15) is 70.5 Å². The molecule has 28 heavy (non-hydrogen) atoms. The largest absolute Gasteiger partial charge is 0.0588 e. The third-order valence-corrected chi connectivity index (χ3v) is 6.85. The number of hydrogen-bond donors (Lipinski definition) is 0. The van der Waals surface area contributed by atoms with E-state index in [0.29, 0.717) is 5.92 Å². The predicted molar refractivity (Wildman–Crippen MR) is 119 cm³/mol. The molecule has 3 aromatic rings. The summed E-state index contributed by atoms with van der Waals surface area (Å²) in [6.45, 7) is 4.44. The molecule has 3 aromatic carbocycles. The Kier molecular flexibility index (Phi) is 4.59. The molecule has 5 rings (SSSR count). The van der Waals surface area contributed by atoms with Crippen LogP contribution >= 0.6 is 0 Å². The Bertz CT molecular complexity index is 973. The van der Waals surface area contributed by atoms with Crippen molar-refractivity contribution in [3.05, 3.63) is 93.5 Å². The van der Waals surface area contributed by atoms with E-state index in [2.05, 4.69) is 68.4 Å². The number of aryl methyl sites for hydroxylation is 5. The van der Waals surface area contributed by atoms with E-state index in [4.69, 9.17) is 0 Å². The van der Waals surface area contributed by atoms with Gasteiger partial charge >= 0.3 is 0 Å². The molecule has 0 heterocycles. The highest BCUT2D eigenvalue weighted by Crippen LogP contribution is 2.47. The molecule has 2 aliphatic carbocycles. The van der Waals surface area contributed by atoms with Crippen LogP contribution in [0.5, 0.6) is 0 Å². The second-order valence-corrected chi connectivity index (χ2v) is 8.94. The summed E-state index contributed by atoms with van der Waals surface area (Å²) >= 11 is 0. The number of benzene rings is 3. The molecule has 142 valence electrons. The van der Waals surface area contributed by atoms with Gasteiger partial charge in [-0.25, -0.2) is 0 Å². The summed E-state index contributed by atoms with van der Waals surface area (Å²) in [7, 11) is 0. The highest BCUT2D eigenvalue weighted by molar-refractivity contribution is 5.79. The summed E-state index contributed by atoms with van der Waals surface area (Å²) in [4.78, 5) is 0. The monoisotopic (exact) mass is 366 g/mol. The molecule has 0 unspecified atom stereocenters. The van der Waals surface area contributed by atoms with Crippen molar-refractivity contribution in [3.63, 3.8) is 0 Å². The van der Waals surface area contributed by atoms with Crippen LogP contribution in [0.15, 0.2) is 54.6 Å². The minimum atomic E-state index is 0.585. The molecule has 0 aliphatic heterocycles. The maximum Gasteiger partial charge on any atom is 0.0102 e. The third-order valence-electron chi connectivity index (χ3n) is 6.85. The van der Waals surface area contributed by atoms with Gasteiger partial charge in [0.2, 0.25) is 0 Å². The van der Waals surface area contributed by atoms with E-state index in [0.717, 1.165) is 0 Å². The van der Waals surface area contributed by atoms with Crippen molar-refractivity contribution in [3.8, 4) is 11.1 Å². The van der Waals surface area contributed by atoms with E-state index in [1.54, 1.807) is 27.8 Å². The summed E-state index contributed by atoms with van der Waals surface area (Å²) in [5, 5.41) is 0. The molecule has 0 N–H and O–H groups in total. The van der Waals surface area contributed by atoms with Crippen LogP contribution in [-0.4, -0.2) is 0 Å². The normalized spacial score (nSPS) is 14.4. The Morgan fingerprint density at radius 1 is 0.679 bits per heavy atom. The summed E-state index contributed by atoms with van der Waals surface area (Å²) in [6.07, 6.45) is 9.06. The van der Waals surface area contributed by atoms with Gasteiger partial charge in [-0.05, 0) is 84.9 Å². The van der Waals surface area contributed by atoms with Crippen LogP contribution < -0.4 is 0 Å². The first-order valence-corrected chi connectivity index (χ1v) is 11.0. The highest BCUT2D eigenvalue weighted by Gasteiger charge is 2.28. The predicted octanol–water partition coefficient (Wildman–Crippen LogP) is 7.32. The van der Waals surface area contributed by atoms with Gasteiger partial charge in [0, 0.05) is 5.92 Å². The molecule has 0 saturated carbocycles. The second kappa shape index (κ2) is 7.24. The average molecular weight is 367 g/mol. The minimum Gasteiger partial charge on any atom is -0.0588 e. The Morgan fingerprint density at radius 2 is 1.36 bits per heavy atom. The first-order valence-electron chi connectivity index (χ1n) is 11.0. The lowest BCUT2D eigenvalue weighted by Crippen LogP contribution is -2.08. The van der Waals surface area contributed by atoms with E-state index in [1.165, 1.54) is 67.2 Å². The summed E-state index contributed by atoms with van der Waals surface area (Å²) in [5.74, 6) is 0.585. The van der Waals surface area contributed by atoms with Gasteiger partial charge in [0.05, 0.1) is 0 Å². The molecule has 0 fully saturated rings. The van der Waals surface area contributed by atoms with Crippen LogP contribution in [0.3, 0.4) is 0 Å². The van der Waals surface area contributed by atoms with Crippen molar-refractivity contribution >= 4 is 0 Å². The van der Waals surface area contributed by atoms with Crippen molar-refractivity contribution in [2.24, 2.45) is 0 Å². The van der Waals surface area contributed by atoms with Crippen molar-refractivity contribution in [1.29, 1.82) is 0 Å². The fraction of sp³-hybridized carbons (Fsp3) is 0.357. The van der Waals surface area contributed by atoms with E-state index >= 15 is 0 Å². The van der Waals surface area contributed by atoms with Gasteiger partial charge in [-0.1, -0.05) is 78.6 Å². The molecule has 0 bridgehead atoms. The smallest absolute Gasteiger partial charge is 0.0102 e. The Labute approximate surface area is 169 Å². The summed E-state index contributed by atoms with van der Waals surface area (Å²) in [5.41, 5.74) is 13.5. The molecule has 0 nitrogen and oxygen atoms in total. The maximum absolute atomic E-state index is 2.45. The lowest BCUT2D eigenvalue weighted by atomic mass is 9.86. The van der Waals surface area contributed by atoms with Crippen LogP contribution in [0.4, 0.5) is 0 Å². The quantitative estimate of drug-likeness (QED) is 0.401. The minimum absolute atomic E-state index is 0.585. The first kappa shape index (κ1) is 17.7. The lowest BCUT2D eigenvalue weighted by molar-refractivity contribution is 0.606. The Morgan fingerprint density at radius 3 is 1.96 bits per heavy atom. The maximum atomic E-state index is 2.45. The molecule has 0 radical (unpaired) electrons. The first-order chi connectivity index (χ1) is 13.7. The third kappa shape index (κ3) is 3.20. The zero-order chi connectivity index (χ0) is 19.1. The van der Waals surface area contributed by atoms with Crippen LogP contribution in [-0.2, 0) is 19.3 Å². The average Bonchev–Trinajstić information content (AvgIpc) is 2.95. The van der Waals surface area contributed by atoms with Crippen LogP contribution in [0, 0.1) is 13.8 Å². The molecule has 0 heteroatoms. The van der Waals surface area contributed by atoms with Gasteiger partial charge in [0.15, 0.2) is 0 Å². The van der Waals surface area contributed by atoms with Gasteiger partial charge in [-0.3, -0.25) is 0 Å². The van der Waals surface area contributed by atoms with Crippen molar-refractivity contribution < 1.29 is 0 Å². The number of fused-ring (bicyclic) bond motifs is 4. The van der Waals surface area contributed by atoms with E-state index in [1.807, 2.05) is 0 Å². The van der Waals surface area contributed by atoms with Gasteiger partial charge in [0.25, 0.3) is 0 Å². The highest BCUT2D eigenvalue weighted by atomic mass is 14.3. The molecular weight excluding hydrogens is 336 g/mol. The van der Waals surface area contributed by atoms with Crippen molar-refractivity contribution in [1.82, 2.24) is 0 Å². The molecule has 0 atom stereocenters. The van der Waals surface area contributed by atoms with Gasteiger partial charge in [0.1, 0.15) is 0 Å². The molecule has 0 amide bonds. The molecule has 0 aromatic heterocycles. The summed E-state index contributed by atoms with van der Waals surface area (Å²) in [6, 6.07) is 21.2. The topological polar surface area (TPSA) is 0 Å². The van der Waals surface area contributed by atoms with E-state index in [9.17, 15) is 0 Å². The van der Waals surface area contributed by atoms with E-state index < -0.39 is 0 Å². The second-order valence-electron chi connectivity index (χ2n) is 8.94. The van der Waals surface area contributed by atoms with Crippen LogP contribution in [0.25, 0.3) is 11.1 Å². The fourth-order valence-electron chi connectivity index (χ4n) is 5.17. The SMILES string of the molecule is Cc1ccc2c(c1)C(CCCCCc1ccc3c(c1)CC3)c1cc(C)ccc1-2. The van der Waals surface area contributed by atoms with Crippen molar-refractivity contribution in [2.75, 3.05) is 0 Å². The molecule has 0 saturated heterocycles. The molecule has 2 aliphatic rings. The van der Waals surface area contributed by atoms with E-state index in [-0.39, 0.29) is 0 Å². The molecular formula is C28H30. The number of rotatable bonds is 6. The lowest BCUT2D eigenvalue weighted by Gasteiger charge is -2.19. The zero-order valence-electron chi connectivity index (χ0n) is 17.2.